The molecule has 1 fully saturated rings. The van der Waals surface area contributed by atoms with Gasteiger partial charge in [-0.3, -0.25) is 0 Å². The molecule has 1 aliphatic rings. The van der Waals surface area contributed by atoms with Crippen molar-refractivity contribution in [3.8, 4) is 0 Å². The monoisotopic (exact) mass is 279 g/mol. The van der Waals surface area contributed by atoms with Crippen LogP contribution < -0.4 is 10.6 Å². The molecular formula is C15H25N3O2. The third kappa shape index (κ3) is 4.25. The first-order chi connectivity index (χ1) is 9.69. The molecule has 1 heterocycles. The number of urea groups is 1. The second kappa shape index (κ2) is 7.31. The van der Waals surface area contributed by atoms with Gasteiger partial charge in [0.05, 0.1) is 12.2 Å². The Hall–Kier alpha value is -1.52. The highest BCUT2D eigenvalue weighted by molar-refractivity contribution is 5.74. The number of aryl methyl sites for hydroxylation is 1. The van der Waals surface area contributed by atoms with Gasteiger partial charge in [-0.15, -0.1) is 0 Å². The summed E-state index contributed by atoms with van der Waals surface area (Å²) in [5, 5.41) is 9.75. The van der Waals surface area contributed by atoms with Crippen LogP contribution in [0.15, 0.2) is 10.6 Å². The average Bonchev–Trinajstić information content (AvgIpc) is 2.94. The fourth-order valence-corrected chi connectivity index (χ4v) is 2.78. The van der Waals surface area contributed by atoms with Crippen molar-refractivity contribution >= 4 is 6.03 Å². The summed E-state index contributed by atoms with van der Waals surface area (Å²) in [5.74, 6) is 1.31. The summed E-state index contributed by atoms with van der Waals surface area (Å²) in [6.45, 7) is 4.50. The summed E-state index contributed by atoms with van der Waals surface area (Å²) in [7, 11) is 0. The standard InChI is InChI=1S/C15H25N3O2/c1-3-13-9-14(20-18-13)10-16-15(19)17-11(2)12-7-5-4-6-8-12/h9,11-12H,3-8,10H2,1-2H3,(H2,16,17,19)/t11-/m0/s1. The zero-order valence-electron chi connectivity index (χ0n) is 12.4. The summed E-state index contributed by atoms with van der Waals surface area (Å²) in [4.78, 5) is 11.9. The van der Waals surface area contributed by atoms with E-state index in [-0.39, 0.29) is 12.1 Å². The van der Waals surface area contributed by atoms with Gasteiger partial charge >= 0.3 is 6.03 Å². The molecule has 2 rings (SSSR count). The minimum absolute atomic E-state index is 0.127. The van der Waals surface area contributed by atoms with Crippen LogP contribution in [0.2, 0.25) is 0 Å². The highest BCUT2D eigenvalue weighted by atomic mass is 16.5. The van der Waals surface area contributed by atoms with Crippen LogP contribution in [0.4, 0.5) is 4.79 Å². The van der Waals surface area contributed by atoms with Crippen LogP contribution in [0, 0.1) is 5.92 Å². The Balaban J connectivity index is 1.71. The second-order valence-electron chi connectivity index (χ2n) is 5.65. The number of aromatic nitrogens is 1. The quantitative estimate of drug-likeness (QED) is 0.870. The number of hydrogen-bond acceptors (Lipinski definition) is 3. The first-order valence-corrected chi connectivity index (χ1v) is 7.68. The predicted octanol–water partition coefficient (Wildman–Crippen LogP) is 3.01. The van der Waals surface area contributed by atoms with Crippen molar-refractivity contribution in [2.45, 2.75) is 65.0 Å². The van der Waals surface area contributed by atoms with Crippen LogP contribution >= 0.6 is 0 Å². The van der Waals surface area contributed by atoms with E-state index in [1.165, 1.54) is 32.1 Å². The third-order valence-corrected chi connectivity index (χ3v) is 4.11. The first kappa shape index (κ1) is 14.9. The zero-order chi connectivity index (χ0) is 14.4. The van der Waals surface area contributed by atoms with Crippen LogP contribution in [-0.4, -0.2) is 17.2 Å². The lowest BCUT2D eigenvalue weighted by Gasteiger charge is -2.28. The Labute approximate surface area is 120 Å². The van der Waals surface area contributed by atoms with Gasteiger partial charge in [-0.1, -0.05) is 31.3 Å². The topological polar surface area (TPSA) is 67.2 Å². The van der Waals surface area contributed by atoms with E-state index < -0.39 is 0 Å². The van der Waals surface area contributed by atoms with Gasteiger partial charge in [-0.25, -0.2) is 4.79 Å². The Morgan fingerprint density at radius 1 is 1.45 bits per heavy atom. The highest BCUT2D eigenvalue weighted by Crippen LogP contribution is 2.26. The first-order valence-electron chi connectivity index (χ1n) is 7.68. The Morgan fingerprint density at radius 2 is 2.20 bits per heavy atom. The van der Waals surface area contributed by atoms with Gasteiger partial charge < -0.3 is 15.2 Å². The Kier molecular flexibility index (Phi) is 5.44. The zero-order valence-corrected chi connectivity index (χ0v) is 12.4. The molecule has 5 nitrogen and oxygen atoms in total. The molecule has 1 aliphatic carbocycles. The van der Waals surface area contributed by atoms with Crippen molar-refractivity contribution in [3.05, 3.63) is 17.5 Å². The second-order valence-corrected chi connectivity index (χ2v) is 5.65. The van der Waals surface area contributed by atoms with Gasteiger partial charge in [0.25, 0.3) is 0 Å². The normalized spacial score (nSPS) is 17.7. The molecule has 2 amide bonds. The van der Waals surface area contributed by atoms with Crippen molar-refractivity contribution in [3.63, 3.8) is 0 Å². The van der Waals surface area contributed by atoms with E-state index >= 15 is 0 Å². The smallest absolute Gasteiger partial charge is 0.315 e. The van der Waals surface area contributed by atoms with Gasteiger partial charge in [-0.05, 0) is 32.1 Å². The van der Waals surface area contributed by atoms with E-state index in [0.29, 0.717) is 18.2 Å². The average molecular weight is 279 g/mol. The van der Waals surface area contributed by atoms with Crippen LogP contribution in [0.3, 0.4) is 0 Å². The maximum Gasteiger partial charge on any atom is 0.315 e. The molecule has 2 N–H and O–H groups in total. The van der Waals surface area contributed by atoms with Crippen molar-refractivity contribution in [2.75, 3.05) is 0 Å². The molecule has 1 aromatic heterocycles. The molecule has 1 atom stereocenters. The van der Waals surface area contributed by atoms with Gasteiger partial charge in [0, 0.05) is 12.1 Å². The van der Waals surface area contributed by atoms with Crippen LogP contribution in [0.1, 0.15) is 57.4 Å². The summed E-state index contributed by atoms with van der Waals surface area (Å²) in [6.07, 6.45) is 7.20. The lowest BCUT2D eigenvalue weighted by atomic mass is 9.85. The molecule has 1 aromatic rings. The molecule has 20 heavy (non-hydrogen) atoms. The van der Waals surface area contributed by atoms with E-state index in [9.17, 15) is 4.79 Å². The number of nitrogens with zero attached hydrogens (tertiary/aromatic N) is 1. The number of amides is 2. The molecule has 0 aliphatic heterocycles. The van der Waals surface area contributed by atoms with E-state index in [1.807, 2.05) is 13.0 Å². The van der Waals surface area contributed by atoms with Crippen molar-refractivity contribution < 1.29 is 9.32 Å². The van der Waals surface area contributed by atoms with E-state index in [4.69, 9.17) is 4.52 Å². The molecule has 0 aromatic carbocycles. The highest BCUT2D eigenvalue weighted by Gasteiger charge is 2.21. The van der Waals surface area contributed by atoms with Crippen LogP contribution in [0.5, 0.6) is 0 Å². The van der Waals surface area contributed by atoms with Crippen molar-refractivity contribution in [1.29, 1.82) is 0 Å². The molecule has 0 unspecified atom stereocenters. The summed E-state index contributed by atoms with van der Waals surface area (Å²) in [5.41, 5.74) is 0.915. The van der Waals surface area contributed by atoms with Gasteiger partial charge in [-0.2, -0.15) is 0 Å². The van der Waals surface area contributed by atoms with E-state index in [0.717, 1.165) is 12.1 Å². The predicted molar refractivity (Wildman–Crippen MR) is 77.3 cm³/mol. The van der Waals surface area contributed by atoms with Crippen molar-refractivity contribution in [1.82, 2.24) is 15.8 Å². The molecule has 0 radical (unpaired) electrons. The lowest BCUT2D eigenvalue weighted by Crippen LogP contribution is -2.44. The molecular weight excluding hydrogens is 254 g/mol. The number of nitrogens with one attached hydrogen (secondary N) is 2. The minimum Gasteiger partial charge on any atom is -0.359 e. The minimum atomic E-state index is -0.127. The molecule has 0 spiro atoms. The molecule has 1 saturated carbocycles. The Morgan fingerprint density at radius 3 is 2.85 bits per heavy atom. The van der Waals surface area contributed by atoms with Crippen molar-refractivity contribution in [2.24, 2.45) is 5.92 Å². The van der Waals surface area contributed by atoms with Gasteiger partial charge in [0.15, 0.2) is 5.76 Å². The molecule has 112 valence electrons. The fraction of sp³-hybridized carbons (Fsp3) is 0.733. The summed E-state index contributed by atoms with van der Waals surface area (Å²) < 4.78 is 5.13. The lowest BCUT2D eigenvalue weighted by molar-refractivity contribution is 0.223. The Bertz CT molecular complexity index is 425. The van der Waals surface area contributed by atoms with Crippen LogP contribution in [0.25, 0.3) is 0 Å². The van der Waals surface area contributed by atoms with E-state index in [2.05, 4.69) is 22.7 Å². The largest absolute Gasteiger partial charge is 0.359 e. The number of hydrogen-bond donors (Lipinski definition) is 2. The maximum atomic E-state index is 11.9. The van der Waals surface area contributed by atoms with Crippen LogP contribution in [-0.2, 0) is 13.0 Å². The number of rotatable bonds is 5. The molecule has 5 heteroatoms. The van der Waals surface area contributed by atoms with Gasteiger partial charge in [0.1, 0.15) is 0 Å². The molecule has 0 bridgehead atoms. The van der Waals surface area contributed by atoms with Gasteiger partial charge in [0.2, 0.25) is 0 Å². The number of carbonyl (C=O) groups is 1. The fourth-order valence-electron chi connectivity index (χ4n) is 2.78. The SMILES string of the molecule is CCc1cc(CNC(=O)N[C@@H](C)C2CCCCC2)on1. The summed E-state index contributed by atoms with van der Waals surface area (Å²) in [6, 6.07) is 1.99. The summed E-state index contributed by atoms with van der Waals surface area (Å²) >= 11 is 0. The third-order valence-electron chi connectivity index (χ3n) is 4.11. The molecule has 0 saturated heterocycles. The number of carbonyl (C=O) groups excluding carboxylic acids is 1. The maximum absolute atomic E-state index is 11.9. The van der Waals surface area contributed by atoms with E-state index in [1.54, 1.807) is 0 Å².